The van der Waals surface area contributed by atoms with Crippen LogP contribution in [0.1, 0.15) is 12.0 Å². The number of halogens is 2. The summed E-state index contributed by atoms with van der Waals surface area (Å²) in [5.74, 6) is -8.26. The van der Waals surface area contributed by atoms with Gasteiger partial charge in [0.2, 0.25) is 11.8 Å². The van der Waals surface area contributed by atoms with Gasteiger partial charge in [-0.15, -0.1) is 0 Å². The summed E-state index contributed by atoms with van der Waals surface area (Å²) in [6.45, 7) is 0.0128. The summed E-state index contributed by atoms with van der Waals surface area (Å²) in [5, 5.41) is 0. The number of carbonyl (C=O) groups is 3. The second kappa shape index (κ2) is 7.11. The largest absolute Gasteiger partial charge is 0.346 e. The van der Waals surface area contributed by atoms with Crippen molar-refractivity contribution in [1.82, 2.24) is 4.90 Å². The van der Waals surface area contributed by atoms with Crippen LogP contribution in [-0.4, -0.2) is 35.1 Å². The Morgan fingerprint density at radius 3 is 2.19 bits per heavy atom. The molecule has 1 aliphatic carbocycles. The minimum Gasteiger partial charge on any atom is -0.332 e. The molecule has 31 heavy (non-hydrogen) atoms. The minimum atomic E-state index is -3.69. The maximum Gasteiger partial charge on any atom is 0.346 e. The highest BCUT2D eigenvalue weighted by atomic mass is 19.3. The number of amides is 3. The van der Waals surface area contributed by atoms with Gasteiger partial charge in [0.15, 0.2) is 0 Å². The number of likely N-dealkylation sites (tertiary alicyclic amines) is 1. The quantitative estimate of drug-likeness (QED) is 0.563. The fourth-order valence-corrected chi connectivity index (χ4v) is 5.03. The van der Waals surface area contributed by atoms with Gasteiger partial charge in [0, 0.05) is 24.6 Å². The van der Waals surface area contributed by atoms with Gasteiger partial charge in [-0.1, -0.05) is 54.6 Å². The highest BCUT2D eigenvalue weighted by Gasteiger charge is 2.61. The van der Waals surface area contributed by atoms with Gasteiger partial charge in [0.05, 0.1) is 17.5 Å². The number of imide groups is 1. The number of anilines is 1. The zero-order valence-electron chi connectivity index (χ0n) is 16.6. The molecule has 7 heteroatoms. The first-order valence-corrected chi connectivity index (χ1v) is 10.2. The van der Waals surface area contributed by atoms with Gasteiger partial charge < -0.3 is 4.90 Å². The van der Waals surface area contributed by atoms with Crippen LogP contribution in [0.3, 0.4) is 0 Å². The van der Waals surface area contributed by atoms with Gasteiger partial charge >= 0.3 is 5.92 Å². The monoisotopic (exact) mass is 422 g/mol. The smallest absolute Gasteiger partial charge is 0.332 e. The van der Waals surface area contributed by atoms with Crippen molar-refractivity contribution in [3.05, 3.63) is 77.9 Å². The molecule has 0 bridgehead atoms. The van der Waals surface area contributed by atoms with E-state index in [0.717, 1.165) is 15.4 Å². The summed E-state index contributed by atoms with van der Waals surface area (Å²) in [4.78, 5) is 41.2. The van der Waals surface area contributed by atoms with Gasteiger partial charge in [-0.25, -0.2) is 0 Å². The zero-order valence-corrected chi connectivity index (χ0v) is 16.6. The normalized spacial score (nSPS) is 27.1. The number of fused-ring (bicyclic) bond motifs is 3. The van der Waals surface area contributed by atoms with Crippen LogP contribution in [-0.2, 0) is 20.9 Å². The van der Waals surface area contributed by atoms with Gasteiger partial charge in [-0.2, -0.15) is 8.78 Å². The average molecular weight is 422 g/mol. The molecule has 0 aromatic heterocycles. The summed E-state index contributed by atoms with van der Waals surface area (Å²) in [7, 11) is 0. The third kappa shape index (κ3) is 2.99. The number of benzene rings is 2. The van der Waals surface area contributed by atoms with Gasteiger partial charge in [0.25, 0.3) is 5.91 Å². The third-order valence-electron chi connectivity index (χ3n) is 6.47. The Balaban J connectivity index is 1.50. The van der Waals surface area contributed by atoms with Crippen LogP contribution in [0.2, 0.25) is 0 Å². The van der Waals surface area contributed by atoms with E-state index in [0.29, 0.717) is 5.69 Å². The van der Waals surface area contributed by atoms with Crippen LogP contribution in [0, 0.1) is 17.8 Å². The van der Waals surface area contributed by atoms with E-state index in [1.54, 1.807) is 54.6 Å². The van der Waals surface area contributed by atoms with Crippen molar-refractivity contribution in [2.75, 3.05) is 11.4 Å². The second-order valence-corrected chi connectivity index (χ2v) is 8.23. The Labute approximate surface area is 177 Å². The average Bonchev–Trinajstić information content (AvgIpc) is 3.03. The van der Waals surface area contributed by atoms with Crippen molar-refractivity contribution in [3.63, 3.8) is 0 Å². The Bertz CT molecular complexity index is 1080. The van der Waals surface area contributed by atoms with Crippen molar-refractivity contribution in [2.24, 2.45) is 17.8 Å². The summed E-state index contributed by atoms with van der Waals surface area (Å²) in [5.41, 5.74) is 0.846. The lowest BCUT2D eigenvalue weighted by atomic mass is 9.69. The molecular weight excluding hydrogens is 402 g/mol. The van der Waals surface area contributed by atoms with Crippen molar-refractivity contribution < 1.29 is 23.2 Å². The molecular formula is C24H20F2N2O3. The lowest BCUT2D eigenvalue weighted by Gasteiger charge is -2.43. The molecule has 3 amide bonds. The summed E-state index contributed by atoms with van der Waals surface area (Å²) in [6.07, 6.45) is 1.34. The number of para-hydroxylation sites is 1. The van der Waals surface area contributed by atoms with Crippen LogP contribution < -0.4 is 4.90 Å². The summed E-state index contributed by atoms with van der Waals surface area (Å²) < 4.78 is 30.2. The first-order valence-electron chi connectivity index (χ1n) is 10.2. The number of allylic oxidation sites excluding steroid dienone is 1. The van der Waals surface area contributed by atoms with E-state index in [4.69, 9.17) is 0 Å². The van der Waals surface area contributed by atoms with Crippen LogP contribution in [0.25, 0.3) is 0 Å². The number of rotatable bonds is 3. The zero-order chi connectivity index (χ0) is 21.8. The molecule has 5 rings (SSSR count). The van der Waals surface area contributed by atoms with Crippen LogP contribution >= 0.6 is 0 Å². The molecule has 0 N–H and O–H groups in total. The fraction of sp³-hybridized carbons (Fsp3) is 0.292. The molecule has 2 fully saturated rings. The molecule has 0 radical (unpaired) electrons. The van der Waals surface area contributed by atoms with Crippen molar-refractivity contribution in [1.29, 1.82) is 0 Å². The van der Waals surface area contributed by atoms with E-state index in [9.17, 15) is 14.4 Å². The highest BCUT2D eigenvalue weighted by molar-refractivity contribution is 6.22. The van der Waals surface area contributed by atoms with E-state index in [-0.39, 0.29) is 31.0 Å². The molecule has 2 aliphatic heterocycles. The van der Waals surface area contributed by atoms with E-state index < -0.39 is 35.5 Å². The number of alkyl halides is 2. The summed E-state index contributed by atoms with van der Waals surface area (Å²) in [6, 6.07) is 17.4. The highest BCUT2D eigenvalue weighted by Crippen LogP contribution is 2.50. The Hall–Kier alpha value is -3.35. The second-order valence-electron chi connectivity index (χ2n) is 8.23. The predicted octanol–water partition coefficient (Wildman–Crippen LogP) is 3.42. The number of hydrogen-bond donors (Lipinski definition) is 0. The topological polar surface area (TPSA) is 57.7 Å². The molecule has 158 valence electrons. The molecule has 2 saturated heterocycles. The first kappa shape index (κ1) is 19.6. The van der Waals surface area contributed by atoms with E-state index in [1.165, 1.54) is 6.08 Å². The van der Waals surface area contributed by atoms with E-state index >= 15 is 8.78 Å². The number of hydrogen-bond acceptors (Lipinski definition) is 3. The minimum absolute atomic E-state index is 0.0159. The van der Waals surface area contributed by atoms with Crippen molar-refractivity contribution in [3.8, 4) is 0 Å². The molecule has 0 spiro atoms. The number of nitrogens with zero attached hydrogens (tertiary/aromatic N) is 2. The first-order chi connectivity index (χ1) is 14.9. The van der Waals surface area contributed by atoms with E-state index in [1.807, 2.05) is 6.07 Å². The molecule has 3 aliphatic rings. The molecule has 3 atom stereocenters. The van der Waals surface area contributed by atoms with Crippen LogP contribution in [0.15, 0.2) is 72.3 Å². The van der Waals surface area contributed by atoms with Crippen molar-refractivity contribution in [2.45, 2.75) is 18.9 Å². The van der Waals surface area contributed by atoms with Gasteiger partial charge in [-0.3, -0.25) is 19.3 Å². The lowest BCUT2D eigenvalue weighted by Crippen LogP contribution is -2.56. The standard InChI is InChI=1S/C24H20F2N2O3/c25-24(26)19-12-11-17-20(22(30)28(21(17)29)16-9-5-2-6-10-16)18(19)14-27(23(24)31)13-15-7-3-1-4-8-15/h1-10,12,17-18,20H,11,13-14H2/t17-,18?,20-/m1/s1. The molecule has 0 saturated carbocycles. The van der Waals surface area contributed by atoms with Gasteiger partial charge in [-0.05, 0) is 24.1 Å². The van der Waals surface area contributed by atoms with Gasteiger partial charge in [0.1, 0.15) is 0 Å². The molecule has 2 heterocycles. The lowest BCUT2D eigenvalue weighted by molar-refractivity contribution is -0.161. The predicted molar refractivity (Wildman–Crippen MR) is 109 cm³/mol. The van der Waals surface area contributed by atoms with Crippen LogP contribution in [0.5, 0.6) is 0 Å². The fourth-order valence-electron chi connectivity index (χ4n) is 5.03. The summed E-state index contributed by atoms with van der Waals surface area (Å²) >= 11 is 0. The number of piperidine rings is 1. The molecule has 5 nitrogen and oxygen atoms in total. The Kier molecular flexibility index (Phi) is 4.50. The maximum atomic E-state index is 15.1. The molecule has 1 unspecified atom stereocenters. The van der Waals surface area contributed by atoms with Crippen molar-refractivity contribution >= 4 is 23.4 Å². The Morgan fingerprint density at radius 2 is 1.52 bits per heavy atom. The SMILES string of the molecule is O=C1[C@@H]2CC=C3C(CN(Cc4ccccc4)C(=O)C3(F)F)[C@@H]2C(=O)N1c1ccccc1. The van der Waals surface area contributed by atoms with Crippen LogP contribution in [0.4, 0.5) is 14.5 Å². The Morgan fingerprint density at radius 1 is 0.871 bits per heavy atom. The van der Waals surface area contributed by atoms with E-state index in [2.05, 4.69) is 0 Å². The third-order valence-corrected chi connectivity index (χ3v) is 6.47. The number of carbonyl (C=O) groups excluding carboxylic acids is 3. The molecule has 2 aromatic rings. The molecule has 2 aromatic carbocycles. The maximum absolute atomic E-state index is 15.1.